The van der Waals surface area contributed by atoms with E-state index in [0.717, 1.165) is 45.1 Å². The number of nitrogens with zero attached hydrogens (tertiary/aromatic N) is 2. The van der Waals surface area contributed by atoms with Crippen molar-refractivity contribution in [3.63, 3.8) is 0 Å². The first kappa shape index (κ1) is 28.1. The van der Waals surface area contributed by atoms with Gasteiger partial charge in [-0.15, -0.1) is 0 Å². The molecule has 2 N–H and O–H groups in total. The van der Waals surface area contributed by atoms with Gasteiger partial charge in [-0.25, -0.2) is 18.4 Å². The van der Waals surface area contributed by atoms with E-state index in [1.165, 1.54) is 24.3 Å². The SMILES string of the molecule is CN(C)C[C@@]1(OC(=O)/C=C\C(=O)O[C@]2(CN(C)C)C[C@H]2c2c[nH]c3ccc(F)cc23)C[C@H]1c1c[nH]c2ccc(F)cc12. The van der Waals surface area contributed by atoms with Crippen LogP contribution < -0.4 is 0 Å². The lowest BCUT2D eigenvalue weighted by Crippen LogP contribution is -2.34. The molecule has 0 spiro atoms. The average Bonchev–Trinajstić information content (AvgIpc) is 3.63. The van der Waals surface area contributed by atoms with Crippen molar-refractivity contribution in [2.24, 2.45) is 0 Å². The highest BCUT2D eigenvalue weighted by Crippen LogP contribution is 2.57. The second-order valence-corrected chi connectivity index (χ2v) is 12.2. The number of halogens is 2. The summed E-state index contributed by atoms with van der Waals surface area (Å²) < 4.78 is 39.8. The van der Waals surface area contributed by atoms with Gasteiger partial charge in [0.05, 0.1) is 0 Å². The Morgan fingerprint density at radius 1 is 0.786 bits per heavy atom. The fourth-order valence-corrected chi connectivity index (χ4v) is 6.48. The Labute approximate surface area is 242 Å². The number of ether oxygens (including phenoxy) is 2. The molecular weight excluding hydrogens is 542 g/mol. The molecule has 4 atom stereocenters. The van der Waals surface area contributed by atoms with Crippen molar-refractivity contribution in [1.29, 1.82) is 0 Å². The van der Waals surface area contributed by atoms with E-state index in [2.05, 4.69) is 9.97 Å². The molecule has 4 aromatic rings. The average molecular weight is 577 g/mol. The van der Waals surface area contributed by atoms with E-state index in [9.17, 15) is 18.4 Å². The predicted molar refractivity (Wildman–Crippen MR) is 155 cm³/mol. The quantitative estimate of drug-likeness (QED) is 0.207. The van der Waals surface area contributed by atoms with Gasteiger partial charge in [0.25, 0.3) is 0 Å². The summed E-state index contributed by atoms with van der Waals surface area (Å²) in [6.07, 6.45) is 7.05. The molecule has 2 aliphatic carbocycles. The molecule has 2 aliphatic rings. The topological polar surface area (TPSA) is 90.7 Å². The number of benzene rings is 2. The van der Waals surface area contributed by atoms with Gasteiger partial charge in [0.2, 0.25) is 0 Å². The zero-order valence-electron chi connectivity index (χ0n) is 24.0. The standard InChI is InChI=1S/C32H34F2N4O4/c1-37(2)17-31(13-25(31)23-15-35-27-7-5-19(33)11-21(23)27)41-29(39)9-10-30(40)42-32(18-38(3)4)14-26(32)24-16-36-28-8-6-20(34)12-22(24)28/h5-12,15-16,25-26,35-36H,13-14,17-18H2,1-4H3/b10-9-/t25-,26-,31-,32-/m0/s1. The molecule has 0 unspecified atom stereocenters. The van der Waals surface area contributed by atoms with Gasteiger partial charge in [0.1, 0.15) is 22.8 Å². The summed E-state index contributed by atoms with van der Waals surface area (Å²) in [6, 6.07) is 9.15. The summed E-state index contributed by atoms with van der Waals surface area (Å²) in [6.45, 7) is 0.949. The molecule has 10 heteroatoms. The van der Waals surface area contributed by atoms with Crippen molar-refractivity contribution >= 4 is 33.7 Å². The Hall–Kier alpha value is -4.02. The van der Waals surface area contributed by atoms with Gasteiger partial charge >= 0.3 is 11.9 Å². The first-order valence-corrected chi connectivity index (χ1v) is 14.0. The molecular formula is C32H34F2N4O4. The monoisotopic (exact) mass is 576 g/mol. The normalized spacial score (nSPS) is 25.1. The number of aromatic amines is 2. The van der Waals surface area contributed by atoms with Crippen LogP contribution in [0.5, 0.6) is 0 Å². The number of hydrogen-bond acceptors (Lipinski definition) is 6. The summed E-state index contributed by atoms with van der Waals surface area (Å²) in [4.78, 5) is 36.1. The molecule has 42 heavy (non-hydrogen) atoms. The summed E-state index contributed by atoms with van der Waals surface area (Å²) in [7, 11) is 7.58. The van der Waals surface area contributed by atoms with E-state index in [1.807, 2.05) is 50.4 Å². The number of esters is 2. The van der Waals surface area contributed by atoms with Gasteiger partial charge in [-0.3, -0.25) is 0 Å². The molecule has 0 saturated heterocycles. The van der Waals surface area contributed by atoms with Crippen LogP contribution >= 0.6 is 0 Å². The van der Waals surface area contributed by atoms with Gasteiger partial charge in [0.15, 0.2) is 0 Å². The van der Waals surface area contributed by atoms with Gasteiger partial charge in [-0.05, 0) is 88.6 Å². The molecule has 2 heterocycles. The summed E-state index contributed by atoms with van der Waals surface area (Å²) in [5.74, 6) is -2.19. The number of H-pyrrole nitrogens is 2. The minimum Gasteiger partial charge on any atom is -0.454 e. The van der Waals surface area contributed by atoms with Gasteiger partial charge < -0.3 is 29.2 Å². The fraction of sp³-hybridized carbons (Fsp3) is 0.375. The lowest BCUT2D eigenvalue weighted by atomic mass is 10.1. The number of rotatable bonds is 10. The number of hydrogen-bond donors (Lipinski definition) is 2. The van der Waals surface area contributed by atoms with Crippen molar-refractivity contribution in [2.75, 3.05) is 41.3 Å². The largest absolute Gasteiger partial charge is 0.454 e. The van der Waals surface area contributed by atoms with E-state index in [-0.39, 0.29) is 23.5 Å². The minimum absolute atomic E-state index is 0.114. The van der Waals surface area contributed by atoms with Crippen LogP contribution in [0.4, 0.5) is 8.78 Å². The van der Waals surface area contributed by atoms with Crippen molar-refractivity contribution < 1.29 is 27.8 Å². The van der Waals surface area contributed by atoms with Crippen molar-refractivity contribution in [1.82, 2.24) is 19.8 Å². The molecule has 8 nitrogen and oxygen atoms in total. The second-order valence-electron chi connectivity index (χ2n) is 12.2. The van der Waals surface area contributed by atoms with Gasteiger partial charge in [-0.2, -0.15) is 0 Å². The maximum absolute atomic E-state index is 14.0. The third kappa shape index (κ3) is 5.32. The molecule has 220 valence electrons. The number of nitrogens with one attached hydrogen (secondary N) is 2. The zero-order chi connectivity index (χ0) is 29.8. The van der Waals surface area contributed by atoms with Crippen molar-refractivity contribution in [3.8, 4) is 0 Å². The molecule has 0 bridgehead atoms. The van der Waals surface area contributed by atoms with Crippen molar-refractivity contribution in [3.05, 3.63) is 83.7 Å². The minimum atomic E-state index is -0.797. The Balaban J connectivity index is 1.15. The first-order chi connectivity index (χ1) is 20.0. The van der Waals surface area contributed by atoms with E-state index >= 15 is 0 Å². The second kappa shape index (κ2) is 10.4. The summed E-state index contributed by atoms with van der Waals surface area (Å²) in [5.41, 5.74) is 1.82. The van der Waals surface area contributed by atoms with Gasteiger partial charge in [-0.1, -0.05) is 0 Å². The van der Waals surface area contributed by atoms with Crippen LogP contribution in [-0.2, 0) is 19.1 Å². The number of aromatic nitrogens is 2. The van der Waals surface area contributed by atoms with E-state index in [1.54, 1.807) is 12.1 Å². The van der Waals surface area contributed by atoms with Gasteiger partial charge in [0, 0.05) is 71.3 Å². The fourth-order valence-electron chi connectivity index (χ4n) is 6.48. The van der Waals surface area contributed by atoms with Crippen LogP contribution in [0.3, 0.4) is 0 Å². The number of carbonyl (C=O) groups is 2. The van der Waals surface area contributed by atoms with Crippen LogP contribution in [-0.4, -0.2) is 84.2 Å². The van der Waals surface area contributed by atoms with Crippen LogP contribution in [0.1, 0.15) is 35.8 Å². The van der Waals surface area contributed by atoms with E-state index in [0.29, 0.717) is 25.9 Å². The molecule has 2 fully saturated rings. The molecule has 0 aliphatic heterocycles. The number of likely N-dealkylation sites (N-methyl/N-ethyl adjacent to an activating group) is 2. The Morgan fingerprint density at radius 2 is 1.19 bits per heavy atom. The zero-order valence-corrected chi connectivity index (χ0v) is 24.0. The highest BCUT2D eigenvalue weighted by Gasteiger charge is 2.60. The van der Waals surface area contributed by atoms with E-state index in [4.69, 9.17) is 9.47 Å². The third-order valence-electron chi connectivity index (χ3n) is 8.28. The van der Waals surface area contributed by atoms with Crippen LogP contribution in [0, 0.1) is 11.6 Å². The molecule has 2 aromatic carbocycles. The molecule has 2 saturated carbocycles. The summed E-state index contributed by atoms with van der Waals surface area (Å²) >= 11 is 0. The van der Waals surface area contributed by atoms with Crippen LogP contribution in [0.25, 0.3) is 21.8 Å². The van der Waals surface area contributed by atoms with Crippen molar-refractivity contribution in [2.45, 2.75) is 35.9 Å². The van der Waals surface area contributed by atoms with E-state index < -0.39 is 23.1 Å². The maximum Gasteiger partial charge on any atom is 0.331 e. The first-order valence-electron chi connectivity index (χ1n) is 14.0. The summed E-state index contributed by atoms with van der Waals surface area (Å²) in [5, 5.41) is 1.53. The molecule has 2 aromatic heterocycles. The highest BCUT2D eigenvalue weighted by atomic mass is 19.1. The molecule has 0 amide bonds. The lowest BCUT2D eigenvalue weighted by Gasteiger charge is -2.22. The maximum atomic E-state index is 14.0. The van der Waals surface area contributed by atoms with Crippen LogP contribution in [0.2, 0.25) is 0 Å². The molecule has 0 radical (unpaired) electrons. The predicted octanol–water partition coefficient (Wildman–Crippen LogP) is 4.85. The Morgan fingerprint density at radius 3 is 1.57 bits per heavy atom. The lowest BCUT2D eigenvalue weighted by molar-refractivity contribution is -0.149. The highest BCUT2D eigenvalue weighted by molar-refractivity contribution is 5.93. The molecule has 6 rings (SSSR count). The third-order valence-corrected chi connectivity index (χ3v) is 8.28. The van der Waals surface area contributed by atoms with Crippen LogP contribution in [0.15, 0.2) is 60.9 Å². The Kier molecular flexibility index (Phi) is 6.93. The smallest absolute Gasteiger partial charge is 0.331 e. The number of fused-ring (bicyclic) bond motifs is 2. The Bertz CT molecular complexity index is 1590. The number of carbonyl (C=O) groups excluding carboxylic acids is 2.